The van der Waals surface area contributed by atoms with Crippen molar-refractivity contribution in [1.29, 1.82) is 0 Å². The number of esters is 4. The van der Waals surface area contributed by atoms with Crippen LogP contribution < -0.4 is 0 Å². The summed E-state index contributed by atoms with van der Waals surface area (Å²) in [7, 11) is -9.91. The lowest BCUT2D eigenvalue weighted by molar-refractivity contribution is -0.161. The Labute approximate surface area is 549 Å². The Morgan fingerprint density at radius 1 is 0.311 bits per heavy atom. The molecular formula is C71H138O17P2. The third-order valence-corrected chi connectivity index (χ3v) is 19.3. The van der Waals surface area contributed by atoms with Crippen molar-refractivity contribution in [2.75, 3.05) is 39.6 Å². The van der Waals surface area contributed by atoms with Crippen LogP contribution in [0.4, 0.5) is 0 Å². The largest absolute Gasteiger partial charge is 0.472 e. The number of unbranched alkanes of at least 4 members (excludes halogenated alkanes) is 31. The van der Waals surface area contributed by atoms with Crippen LogP contribution in [0.1, 0.15) is 351 Å². The van der Waals surface area contributed by atoms with Gasteiger partial charge in [-0.1, -0.05) is 299 Å². The molecule has 0 aromatic heterocycles. The van der Waals surface area contributed by atoms with Crippen LogP contribution in [0.15, 0.2) is 0 Å². The fourth-order valence-corrected chi connectivity index (χ4v) is 12.1. The van der Waals surface area contributed by atoms with Gasteiger partial charge in [0.1, 0.15) is 19.3 Å². The first kappa shape index (κ1) is 88.1. The Balaban J connectivity index is 5.28. The maximum absolute atomic E-state index is 13.0. The summed E-state index contributed by atoms with van der Waals surface area (Å²) in [5, 5.41) is 10.6. The van der Waals surface area contributed by atoms with Crippen LogP contribution >= 0.6 is 15.6 Å². The molecule has 0 aliphatic rings. The first-order chi connectivity index (χ1) is 43.2. The maximum atomic E-state index is 13.0. The van der Waals surface area contributed by atoms with E-state index < -0.39 is 97.5 Å². The predicted molar refractivity (Wildman–Crippen MR) is 363 cm³/mol. The zero-order chi connectivity index (χ0) is 66.8. The molecule has 0 aliphatic heterocycles. The standard InChI is InChI=1S/C71H138O17P2/c1-9-62(6)48-40-32-24-18-15-16-19-26-35-43-51-68(73)81-57-66(87-70(75)53-45-37-27-20-14-12-13-17-23-31-39-47-61(4)5)59-85-89(77,78)83-55-65(72)56-84-90(79,80)86-60-67(58-82-69(74)52-44-36-30-29-34-42-50-64(8)11-3)88-71(76)54-46-38-28-22-21-25-33-41-49-63(7)10-2/h61-67,72H,9-60H2,1-8H3,(H,77,78)(H,79,80)/t62?,63?,64?,65-,66-,67-/m1/s1. The van der Waals surface area contributed by atoms with Crippen LogP contribution in [0.3, 0.4) is 0 Å². The van der Waals surface area contributed by atoms with Gasteiger partial charge in [0, 0.05) is 25.7 Å². The molecule has 0 rings (SSSR count). The molecule has 534 valence electrons. The highest BCUT2D eigenvalue weighted by Crippen LogP contribution is 2.45. The number of ether oxygens (including phenoxy) is 4. The zero-order valence-electron chi connectivity index (χ0n) is 58.8. The average molecular weight is 1330 g/mol. The van der Waals surface area contributed by atoms with Crippen LogP contribution in [0.25, 0.3) is 0 Å². The molecule has 90 heavy (non-hydrogen) atoms. The van der Waals surface area contributed by atoms with E-state index in [9.17, 15) is 43.2 Å². The maximum Gasteiger partial charge on any atom is 0.472 e. The van der Waals surface area contributed by atoms with Crippen molar-refractivity contribution in [3.63, 3.8) is 0 Å². The molecule has 0 spiro atoms. The molecule has 0 heterocycles. The van der Waals surface area contributed by atoms with E-state index in [-0.39, 0.29) is 25.7 Å². The number of aliphatic hydroxyl groups excluding tert-OH is 1. The van der Waals surface area contributed by atoms with E-state index in [0.717, 1.165) is 120 Å². The highest BCUT2D eigenvalue weighted by atomic mass is 31.2. The molecule has 3 N–H and O–H groups in total. The van der Waals surface area contributed by atoms with Crippen LogP contribution in [0.5, 0.6) is 0 Å². The first-order valence-corrected chi connectivity index (χ1v) is 39.8. The van der Waals surface area contributed by atoms with Crippen molar-refractivity contribution in [2.24, 2.45) is 23.7 Å². The molecule has 5 unspecified atom stereocenters. The summed E-state index contributed by atoms with van der Waals surface area (Å²) in [5.74, 6) is 0.946. The summed E-state index contributed by atoms with van der Waals surface area (Å²) < 4.78 is 68.3. The molecule has 8 atom stereocenters. The van der Waals surface area contributed by atoms with Gasteiger partial charge in [0.2, 0.25) is 0 Å². The van der Waals surface area contributed by atoms with Crippen LogP contribution in [0, 0.1) is 23.7 Å². The van der Waals surface area contributed by atoms with Gasteiger partial charge in [0.15, 0.2) is 12.2 Å². The van der Waals surface area contributed by atoms with Crippen molar-refractivity contribution in [3.05, 3.63) is 0 Å². The Bertz CT molecular complexity index is 1790. The van der Waals surface area contributed by atoms with Gasteiger partial charge in [-0.05, 0) is 49.4 Å². The lowest BCUT2D eigenvalue weighted by Gasteiger charge is -2.21. The number of phosphoric ester groups is 2. The molecular weight excluding hydrogens is 1190 g/mol. The van der Waals surface area contributed by atoms with Crippen molar-refractivity contribution >= 4 is 39.5 Å². The van der Waals surface area contributed by atoms with Crippen LogP contribution in [-0.4, -0.2) is 96.7 Å². The second kappa shape index (κ2) is 60.7. The van der Waals surface area contributed by atoms with Gasteiger partial charge >= 0.3 is 39.5 Å². The van der Waals surface area contributed by atoms with Crippen LogP contribution in [-0.2, 0) is 65.4 Å². The number of carbonyl (C=O) groups excluding carboxylic acids is 4. The highest BCUT2D eigenvalue weighted by molar-refractivity contribution is 7.47. The number of carbonyl (C=O) groups is 4. The molecule has 19 heteroatoms. The van der Waals surface area contributed by atoms with Crippen LogP contribution in [0.2, 0.25) is 0 Å². The summed E-state index contributed by atoms with van der Waals surface area (Å²) >= 11 is 0. The summed E-state index contributed by atoms with van der Waals surface area (Å²) in [6.45, 7) is 14.1. The number of rotatable bonds is 68. The van der Waals surface area contributed by atoms with Crippen molar-refractivity contribution in [3.8, 4) is 0 Å². The van der Waals surface area contributed by atoms with E-state index in [4.69, 9.17) is 37.0 Å². The normalized spacial score (nSPS) is 15.2. The van der Waals surface area contributed by atoms with E-state index in [2.05, 4.69) is 55.4 Å². The van der Waals surface area contributed by atoms with Crippen molar-refractivity contribution in [2.45, 2.75) is 369 Å². The van der Waals surface area contributed by atoms with Gasteiger partial charge in [-0.2, -0.15) is 0 Å². The quantitative estimate of drug-likeness (QED) is 0.0222. The molecule has 17 nitrogen and oxygen atoms in total. The molecule has 0 fully saturated rings. The fraction of sp³-hybridized carbons (Fsp3) is 0.944. The molecule has 0 saturated heterocycles. The monoisotopic (exact) mass is 1320 g/mol. The minimum atomic E-state index is -4.95. The predicted octanol–water partition coefficient (Wildman–Crippen LogP) is 20.1. The first-order valence-electron chi connectivity index (χ1n) is 36.8. The number of hydrogen-bond acceptors (Lipinski definition) is 15. The molecule has 0 saturated carbocycles. The number of aliphatic hydroxyl groups is 1. The second-order valence-electron chi connectivity index (χ2n) is 26.8. The van der Waals surface area contributed by atoms with Gasteiger partial charge < -0.3 is 33.8 Å². The smallest absolute Gasteiger partial charge is 0.462 e. The lowest BCUT2D eigenvalue weighted by atomic mass is 9.99. The van der Waals surface area contributed by atoms with Gasteiger partial charge in [0.05, 0.1) is 26.4 Å². The van der Waals surface area contributed by atoms with E-state index in [1.165, 1.54) is 148 Å². The second-order valence-corrected chi connectivity index (χ2v) is 29.7. The van der Waals surface area contributed by atoms with Gasteiger partial charge in [-0.25, -0.2) is 9.13 Å². The van der Waals surface area contributed by atoms with Gasteiger partial charge in [-0.3, -0.25) is 37.3 Å². The average Bonchev–Trinajstić information content (AvgIpc) is 2.99. The minimum absolute atomic E-state index is 0.104. The van der Waals surface area contributed by atoms with Gasteiger partial charge in [0.25, 0.3) is 0 Å². The SMILES string of the molecule is CCC(C)CCCCCCCCCCCCC(=O)OC[C@H](COP(=O)(O)OC[C@@H](O)COP(=O)(O)OC[C@@H](COC(=O)CCCCCCCCC(C)CC)OC(=O)CCCCCCCCCCC(C)CC)OC(=O)CCCCCCCCCCCCCC(C)C. The molecule has 0 radical (unpaired) electrons. The van der Waals surface area contributed by atoms with Crippen molar-refractivity contribution in [1.82, 2.24) is 0 Å². The summed E-state index contributed by atoms with van der Waals surface area (Å²) in [6, 6.07) is 0. The Morgan fingerprint density at radius 2 is 0.533 bits per heavy atom. The minimum Gasteiger partial charge on any atom is -0.462 e. The lowest BCUT2D eigenvalue weighted by Crippen LogP contribution is -2.30. The Morgan fingerprint density at radius 3 is 0.789 bits per heavy atom. The third-order valence-electron chi connectivity index (χ3n) is 17.4. The zero-order valence-corrected chi connectivity index (χ0v) is 60.6. The Hall–Kier alpha value is -1.94. The molecule has 0 bridgehead atoms. The number of phosphoric acid groups is 2. The fourth-order valence-electron chi connectivity index (χ4n) is 10.6. The van der Waals surface area contributed by atoms with Gasteiger partial charge in [-0.15, -0.1) is 0 Å². The highest BCUT2D eigenvalue weighted by Gasteiger charge is 2.30. The van der Waals surface area contributed by atoms with E-state index >= 15 is 0 Å². The Kier molecular flexibility index (Phi) is 59.4. The van der Waals surface area contributed by atoms with E-state index in [0.29, 0.717) is 25.7 Å². The summed E-state index contributed by atoms with van der Waals surface area (Å²) in [6.07, 6.45) is 42.9. The van der Waals surface area contributed by atoms with E-state index in [1.807, 2.05) is 0 Å². The molecule has 0 aliphatic carbocycles. The summed E-state index contributed by atoms with van der Waals surface area (Å²) in [5.41, 5.74) is 0. The third kappa shape index (κ3) is 61.0. The van der Waals surface area contributed by atoms with Crippen molar-refractivity contribution < 1.29 is 80.2 Å². The van der Waals surface area contributed by atoms with E-state index in [1.54, 1.807) is 0 Å². The number of hydrogen-bond donors (Lipinski definition) is 3. The molecule has 0 aromatic rings. The topological polar surface area (TPSA) is 237 Å². The molecule has 0 aromatic carbocycles. The summed E-state index contributed by atoms with van der Waals surface area (Å²) in [4.78, 5) is 72.6. The molecule has 0 amide bonds.